The molecule has 9 heteroatoms. The molecule has 1 fully saturated rings. The average Bonchev–Trinajstić information content (AvgIpc) is 3.59. The molecular formula is C44H36Cl2N4O3. The molecule has 0 saturated heterocycles. The molecule has 0 N–H and O–H groups in total. The van der Waals surface area contributed by atoms with Gasteiger partial charge in [0.25, 0.3) is 0 Å². The highest BCUT2D eigenvalue weighted by atomic mass is 35.5. The van der Waals surface area contributed by atoms with Gasteiger partial charge in [-0.2, -0.15) is 0 Å². The van der Waals surface area contributed by atoms with Gasteiger partial charge in [0.1, 0.15) is 24.8 Å². The molecule has 0 atom stereocenters. The summed E-state index contributed by atoms with van der Waals surface area (Å²) >= 11 is 12.2. The van der Waals surface area contributed by atoms with Crippen LogP contribution in [0.4, 0.5) is 0 Å². The topological polar surface area (TPSA) is 79.1 Å². The number of benzene rings is 4. The van der Waals surface area contributed by atoms with Gasteiger partial charge in [-0.1, -0.05) is 78.9 Å². The molecule has 4 aromatic carbocycles. The summed E-state index contributed by atoms with van der Waals surface area (Å²) in [5, 5.41) is 1.35. The Morgan fingerprint density at radius 2 is 1.26 bits per heavy atom. The summed E-state index contributed by atoms with van der Waals surface area (Å²) in [6.45, 7) is 0.356. The lowest BCUT2D eigenvalue weighted by atomic mass is 9.95. The molecule has 8 rings (SSSR count). The molecular weight excluding hydrogens is 703 g/mol. The maximum absolute atomic E-state index is 13.4. The SMILES string of the molecule is O=C(OCc1ncccc1-c1ccc(Cl)cc1)c1ccc2c(c1)nc(-c1ccc(OCc3ncccc3-c3ccc(Cl)cc3)cc1)n2C1CCCCC1. The first-order valence-electron chi connectivity index (χ1n) is 17.8. The van der Waals surface area contributed by atoms with E-state index < -0.39 is 5.97 Å². The van der Waals surface area contributed by atoms with Crippen LogP contribution in [-0.2, 0) is 18.0 Å². The van der Waals surface area contributed by atoms with Crippen LogP contribution in [0.2, 0.25) is 10.0 Å². The standard InChI is InChI=1S/C44H36Cl2N4O3/c45-33-17-10-29(11-18-33)37-8-4-24-47-40(37)27-52-36-21-14-31(15-22-36)43-49-39-26-32(16-23-42(39)50(43)35-6-2-1-3-7-35)44(51)53-28-41-38(9-5-25-48-41)30-12-19-34(46)20-13-30/h4-5,8-26,35H,1-3,6-7,27-28H2. The van der Waals surface area contributed by atoms with Crippen molar-refractivity contribution in [3.8, 4) is 39.4 Å². The number of imidazole rings is 1. The van der Waals surface area contributed by atoms with Crippen LogP contribution >= 0.6 is 23.2 Å². The number of fused-ring (bicyclic) bond motifs is 1. The van der Waals surface area contributed by atoms with Crippen LogP contribution in [0.1, 0.15) is 59.9 Å². The van der Waals surface area contributed by atoms with Gasteiger partial charge in [0.2, 0.25) is 0 Å². The van der Waals surface area contributed by atoms with E-state index in [1.807, 2.05) is 103 Å². The van der Waals surface area contributed by atoms with Crippen molar-refractivity contribution in [2.24, 2.45) is 0 Å². The van der Waals surface area contributed by atoms with Crippen molar-refractivity contribution in [1.29, 1.82) is 0 Å². The summed E-state index contributed by atoms with van der Waals surface area (Å²) in [4.78, 5) is 27.6. The fraction of sp³-hybridized carbons (Fsp3) is 0.182. The Hall–Kier alpha value is -5.50. The summed E-state index contributed by atoms with van der Waals surface area (Å²) in [6.07, 6.45) is 9.25. The highest BCUT2D eigenvalue weighted by Gasteiger charge is 2.23. The van der Waals surface area contributed by atoms with Gasteiger partial charge < -0.3 is 14.0 Å². The third kappa shape index (κ3) is 7.68. The highest BCUT2D eigenvalue weighted by molar-refractivity contribution is 6.30. The Morgan fingerprint density at radius 1 is 0.679 bits per heavy atom. The highest BCUT2D eigenvalue weighted by Crippen LogP contribution is 2.37. The molecule has 0 radical (unpaired) electrons. The van der Waals surface area contributed by atoms with Crippen LogP contribution in [0, 0.1) is 0 Å². The number of nitrogens with zero attached hydrogens (tertiary/aromatic N) is 4. The van der Waals surface area contributed by atoms with Crippen molar-refractivity contribution in [3.63, 3.8) is 0 Å². The van der Waals surface area contributed by atoms with Gasteiger partial charge >= 0.3 is 5.97 Å². The number of carbonyl (C=O) groups excluding carboxylic acids is 1. The minimum atomic E-state index is -0.429. The van der Waals surface area contributed by atoms with E-state index in [2.05, 4.69) is 26.7 Å². The van der Waals surface area contributed by atoms with E-state index in [1.54, 1.807) is 12.4 Å². The second-order valence-corrected chi connectivity index (χ2v) is 14.1. The molecule has 7 nitrogen and oxygen atoms in total. The van der Waals surface area contributed by atoms with E-state index >= 15 is 0 Å². The van der Waals surface area contributed by atoms with E-state index in [4.69, 9.17) is 37.7 Å². The summed E-state index contributed by atoms with van der Waals surface area (Å²) in [7, 11) is 0. The predicted octanol–water partition coefficient (Wildman–Crippen LogP) is 11.6. The number of carbonyl (C=O) groups is 1. The number of ether oxygens (including phenoxy) is 2. The number of hydrogen-bond donors (Lipinski definition) is 0. The van der Waals surface area contributed by atoms with Crippen molar-refractivity contribution in [2.45, 2.75) is 51.4 Å². The Kier molecular flexibility index (Phi) is 10.2. The molecule has 0 bridgehead atoms. The number of rotatable bonds is 10. The van der Waals surface area contributed by atoms with Crippen molar-refractivity contribution < 1.29 is 14.3 Å². The van der Waals surface area contributed by atoms with Gasteiger partial charge in [0, 0.05) is 45.2 Å². The molecule has 53 heavy (non-hydrogen) atoms. The van der Waals surface area contributed by atoms with Crippen LogP contribution in [0.15, 0.2) is 128 Å². The lowest BCUT2D eigenvalue weighted by molar-refractivity contribution is 0.0468. The molecule has 0 spiro atoms. The smallest absolute Gasteiger partial charge is 0.338 e. The second-order valence-electron chi connectivity index (χ2n) is 13.2. The van der Waals surface area contributed by atoms with Crippen LogP contribution in [-0.4, -0.2) is 25.5 Å². The van der Waals surface area contributed by atoms with E-state index in [1.165, 1.54) is 19.3 Å². The minimum absolute atomic E-state index is 0.0363. The van der Waals surface area contributed by atoms with Crippen molar-refractivity contribution >= 4 is 40.2 Å². The fourth-order valence-corrected chi connectivity index (χ4v) is 7.35. The molecule has 1 aliphatic rings. The third-order valence-electron chi connectivity index (χ3n) is 9.78. The van der Waals surface area contributed by atoms with Gasteiger partial charge in [-0.3, -0.25) is 9.97 Å². The van der Waals surface area contributed by atoms with E-state index in [9.17, 15) is 4.79 Å². The van der Waals surface area contributed by atoms with Crippen LogP contribution < -0.4 is 4.74 Å². The zero-order chi connectivity index (χ0) is 36.1. The lowest BCUT2D eigenvalue weighted by Crippen LogP contribution is -2.14. The summed E-state index contributed by atoms with van der Waals surface area (Å²) in [5.41, 5.74) is 8.57. The van der Waals surface area contributed by atoms with E-state index in [0.29, 0.717) is 34.0 Å². The van der Waals surface area contributed by atoms with E-state index in [0.717, 1.165) is 69.0 Å². The molecule has 0 amide bonds. The van der Waals surface area contributed by atoms with Gasteiger partial charge in [-0.05, 0) is 103 Å². The number of hydrogen-bond acceptors (Lipinski definition) is 6. The normalized spacial score (nSPS) is 13.2. The molecule has 3 aromatic heterocycles. The van der Waals surface area contributed by atoms with Gasteiger partial charge in [-0.15, -0.1) is 0 Å². The first kappa shape index (κ1) is 34.6. The van der Waals surface area contributed by atoms with Crippen molar-refractivity contribution in [3.05, 3.63) is 155 Å². The predicted molar refractivity (Wildman–Crippen MR) is 210 cm³/mol. The first-order chi connectivity index (χ1) is 26.0. The van der Waals surface area contributed by atoms with Gasteiger partial charge in [0.15, 0.2) is 0 Å². The third-order valence-corrected chi connectivity index (χ3v) is 10.3. The summed E-state index contributed by atoms with van der Waals surface area (Å²) in [5.74, 6) is 1.18. The number of halogens is 2. The first-order valence-corrected chi connectivity index (χ1v) is 18.6. The summed E-state index contributed by atoms with van der Waals surface area (Å²) < 4.78 is 14.4. The number of pyridine rings is 2. The second kappa shape index (κ2) is 15.6. The summed E-state index contributed by atoms with van der Waals surface area (Å²) in [6, 6.07) is 37.1. The fourth-order valence-electron chi connectivity index (χ4n) is 7.10. The lowest BCUT2D eigenvalue weighted by Gasteiger charge is -2.25. The van der Waals surface area contributed by atoms with Crippen molar-refractivity contribution in [2.75, 3.05) is 0 Å². The van der Waals surface area contributed by atoms with Crippen LogP contribution in [0.25, 0.3) is 44.7 Å². The molecule has 0 unspecified atom stereocenters. The van der Waals surface area contributed by atoms with E-state index in [-0.39, 0.29) is 6.61 Å². The Bertz CT molecular complexity index is 2370. The molecule has 1 saturated carbocycles. The van der Waals surface area contributed by atoms with Crippen LogP contribution in [0.5, 0.6) is 5.75 Å². The Morgan fingerprint density at radius 3 is 1.89 bits per heavy atom. The maximum Gasteiger partial charge on any atom is 0.338 e. The number of aromatic nitrogens is 4. The van der Waals surface area contributed by atoms with Crippen molar-refractivity contribution in [1.82, 2.24) is 19.5 Å². The molecule has 1 aliphatic carbocycles. The average molecular weight is 740 g/mol. The maximum atomic E-state index is 13.4. The molecule has 0 aliphatic heterocycles. The molecule has 7 aromatic rings. The largest absolute Gasteiger partial charge is 0.487 e. The van der Waals surface area contributed by atoms with Gasteiger partial charge in [-0.25, -0.2) is 9.78 Å². The zero-order valence-corrected chi connectivity index (χ0v) is 30.4. The minimum Gasteiger partial charge on any atom is -0.487 e. The Labute approximate surface area is 318 Å². The quantitative estimate of drug-likeness (QED) is 0.130. The Balaban J connectivity index is 1.02. The monoisotopic (exact) mass is 738 g/mol. The van der Waals surface area contributed by atoms with Gasteiger partial charge in [0.05, 0.1) is 28.0 Å². The molecule has 3 heterocycles. The van der Waals surface area contributed by atoms with Crippen LogP contribution in [0.3, 0.4) is 0 Å². The number of esters is 1. The molecule has 264 valence electrons. The zero-order valence-electron chi connectivity index (χ0n) is 28.9.